The maximum absolute atomic E-state index is 11.5. The lowest BCUT2D eigenvalue weighted by atomic mass is 9.87. The molecular formula is C11H23N3O3. The van der Waals surface area contributed by atoms with Crippen molar-refractivity contribution in [3.63, 3.8) is 0 Å². The fourth-order valence-electron chi connectivity index (χ4n) is 1.30. The van der Waals surface area contributed by atoms with Gasteiger partial charge in [0, 0.05) is 6.54 Å². The Morgan fingerprint density at radius 1 is 1.24 bits per heavy atom. The molecule has 0 spiro atoms. The maximum atomic E-state index is 11.5. The van der Waals surface area contributed by atoms with Crippen LogP contribution in [0.4, 0.5) is 4.79 Å². The standard InChI is InChI=1S/C11H23N3O3/c1-11(2,3)8(9(15)16)14-10(17)13-7-5-6-12-4/h8,12H,5-7H2,1-4H3,(H,15,16)(H2,13,14,17)/t8-/m1/s1. The summed E-state index contributed by atoms with van der Waals surface area (Å²) in [6, 6.07) is -1.34. The highest BCUT2D eigenvalue weighted by Crippen LogP contribution is 2.19. The largest absolute Gasteiger partial charge is 0.480 e. The van der Waals surface area contributed by atoms with Gasteiger partial charge in [0.15, 0.2) is 0 Å². The molecule has 0 aromatic carbocycles. The summed E-state index contributed by atoms with van der Waals surface area (Å²) in [4.78, 5) is 22.5. The van der Waals surface area contributed by atoms with E-state index in [1.54, 1.807) is 20.8 Å². The predicted octanol–water partition coefficient (Wildman–Crippen LogP) is 0.394. The van der Waals surface area contributed by atoms with Crippen LogP contribution in [0.1, 0.15) is 27.2 Å². The molecule has 0 unspecified atom stereocenters. The molecular weight excluding hydrogens is 222 g/mol. The highest BCUT2D eigenvalue weighted by atomic mass is 16.4. The van der Waals surface area contributed by atoms with Crippen LogP contribution in [0.15, 0.2) is 0 Å². The first-order valence-electron chi connectivity index (χ1n) is 5.70. The number of rotatable bonds is 6. The maximum Gasteiger partial charge on any atom is 0.326 e. The van der Waals surface area contributed by atoms with Crippen molar-refractivity contribution in [1.82, 2.24) is 16.0 Å². The lowest BCUT2D eigenvalue weighted by Crippen LogP contribution is -2.52. The minimum absolute atomic E-state index is 0.441. The van der Waals surface area contributed by atoms with E-state index in [-0.39, 0.29) is 0 Å². The highest BCUT2D eigenvalue weighted by molar-refractivity contribution is 5.83. The van der Waals surface area contributed by atoms with E-state index in [4.69, 9.17) is 5.11 Å². The molecule has 0 fully saturated rings. The van der Waals surface area contributed by atoms with Gasteiger partial charge in [-0.1, -0.05) is 20.8 Å². The molecule has 6 heteroatoms. The van der Waals surface area contributed by atoms with E-state index in [2.05, 4.69) is 16.0 Å². The molecule has 0 aliphatic heterocycles. The average Bonchev–Trinajstić information content (AvgIpc) is 2.19. The van der Waals surface area contributed by atoms with Crippen LogP contribution in [0.5, 0.6) is 0 Å². The Morgan fingerprint density at radius 2 is 1.82 bits per heavy atom. The van der Waals surface area contributed by atoms with E-state index in [1.807, 2.05) is 7.05 Å². The zero-order valence-corrected chi connectivity index (χ0v) is 11.0. The number of hydrogen-bond acceptors (Lipinski definition) is 3. The third-order valence-electron chi connectivity index (χ3n) is 2.28. The molecule has 100 valence electrons. The minimum atomic E-state index is -1.03. The van der Waals surface area contributed by atoms with Crippen molar-refractivity contribution in [3.8, 4) is 0 Å². The van der Waals surface area contributed by atoms with Crippen LogP contribution in [0, 0.1) is 5.41 Å². The summed E-state index contributed by atoms with van der Waals surface area (Å²) in [5.74, 6) is -1.03. The Labute approximate surface area is 102 Å². The van der Waals surface area contributed by atoms with Crippen LogP contribution >= 0.6 is 0 Å². The van der Waals surface area contributed by atoms with E-state index in [9.17, 15) is 9.59 Å². The molecule has 6 nitrogen and oxygen atoms in total. The van der Waals surface area contributed by atoms with Crippen LogP contribution in [0.2, 0.25) is 0 Å². The smallest absolute Gasteiger partial charge is 0.326 e. The van der Waals surface area contributed by atoms with E-state index < -0.39 is 23.5 Å². The van der Waals surface area contributed by atoms with Gasteiger partial charge < -0.3 is 21.1 Å². The van der Waals surface area contributed by atoms with Crippen LogP contribution in [0.25, 0.3) is 0 Å². The fraction of sp³-hybridized carbons (Fsp3) is 0.818. The number of carbonyl (C=O) groups excluding carboxylic acids is 1. The minimum Gasteiger partial charge on any atom is -0.480 e. The van der Waals surface area contributed by atoms with Gasteiger partial charge >= 0.3 is 12.0 Å². The summed E-state index contributed by atoms with van der Waals surface area (Å²) in [5.41, 5.74) is -0.520. The van der Waals surface area contributed by atoms with Gasteiger partial charge in [-0.25, -0.2) is 9.59 Å². The monoisotopic (exact) mass is 245 g/mol. The van der Waals surface area contributed by atoms with Crippen molar-refractivity contribution in [3.05, 3.63) is 0 Å². The molecule has 0 aromatic heterocycles. The zero-order chi connectivity index (χ0) is 13.5. The number of amides is 2. The van der Waals surface area contributed by atoms with Crippen molar-refractivity contribution in [1.29, 1.82) is 0 Å². The molecule has 4 N–H and O–H groups in total. The van der Waals surface area contributed by atoms with Gasteiger partial charge in [0.25, 0.3) is 0 Å². The van der Waals surface area contributed by atoms with E-state index in [0.29, 0.717) is 6.54 Å². The highest BCUT2D eigenvalue weighted by Gasteiger charge is 2.32. The van der Waals surface area contributed by atoms with Gasteiger partial charge in [-0.15, -0.1) is 0 Å². The van der Waals surface area contributed by atoms with Gasteiger partial charge in [-0.3, -0.25) is 0 Å². The van der Waals surface area contributed by atoms with Crippen LogP contribution in [0.3, 0.4) is 0 Å². The van der Waals surface area contributed by atoms with Crippen molar-refractivity contribution in [2.45, 2.75) is 33.2 Å². The van der Waals surface area contributed by atoms with Gasteiger partial charge in [-0.05, 0) is 25.4 Å². The second-order valence-electron chi connectivity index (χ2n) is 4.99. The predicted molar refractivity (Wildman–Crippen MR) is 66.0 cm³/mol. The van der Waals surface area contributed by atoms with E-state index >= 15 is 0 Å². The van der Waals surface area contributed by atoms with E-state index in [0.717, 1.165) is 13.0 Å². The average molecular weight is 245 g/mol. The Bertz CT molecular complexity index is 261. The topological polar surface area (TPSA) is 90.5 Å². The molecule has 17 heavy (non-hydrogen) atoms. The summed E-state index contributed by atoms with van der Waals surface area (Å²) in [6.07, 6.45) is 0.803. The molecule has 0 heterocycles. The van der Waals surface area contributed by atoms with Gasteiger partial charge in [0.05, 0.1) is 0 Å². The number of nitrogens with one attached hydrogen (secondary N) is 3. The number of carbonyl (C=O) groups is 2. The first-order chi connectivity index (χ1) is 7.79. The summed E-state index contributed by atoms with van der Waals surface area (Å²) in [6.45, 7) is 6.64. The molecule has 0 rings (SSSR count). The van der Waals surface area contributed by atoms with Crippen LogP contribution in [-0.4, -0.2) is 43.3 Å². The lowest BCUT2D eigenvalue weighted by Gasteiger charge is -2.27. The zero-order valence-electron chi connectivity index (χ0n) is 11.0. The van der Waals surface area contributed by atoms with Crippen LogP contribution < -0.4 is 16.0 Å². The van der Waals surface area contributed by atoms with Crippen molar-refractivity contribution in [2.75, 3.05) is 20.1 Å². The third kappa shape index (κ3) is 6.78. The lowest BCUT2D eigenvalue weighted by molar-refractivity contribution is -0.141. The normalized spacial score (nSPS) is 12.9. The Morgan fingerprint density at radius 3 is 2.24 bits per heavy atom. The molecule has 1 atom stereocenters. The molecule has 2 amide bonds. The number of hydrogen-bond donors (Lipinski definition) is 4. The third-order valence-corrected chi connectivity index (χ3v) is 2.28. The SMILES string of the molecule is CNCCCNC(=O)N[C@H](C(=O)O)C(C)(C)C. The van der Waals surface area contributed by atoms with Gasteiger partial charge in [-0.2, -0.15) is 0 Å². The van der Waals surface area contributed by atoms with E-state index in [1.165, 1.54) is 0 Å². The number of carboxylic acids is 1. The number of carboxylic acid groups (broad SMARTS) is 1. The molecule has 0 radical (unpaired) electrons. The van der Waals surface area contributed by atoms with Crippen molar-refractivity contribution in [2.24, 2.45) is 5.41 Å². The summed E-state index contributed by atoms with van der Waals surface area (Å²) >= 11 is 0. The summed E-state index contributed by atoms with van der Waals surface area (Å²) in [7, 11) is 1.83. The molecule has 0 bridgehead atoms. The second-order valence-corrected chi connectivity index (χ2v) is 4.99. The van der Waals surface area contributed by atoms with Crippen LogP contribution in [-0.2, 0) is 4.79 Å². The number of aliphatic carboxylic acids is 1. The summed E-state index contributed by atoms with van der Waals surface area (Å²) < 4.78 is 0. The molecule has 0 saturated carbocycles. The number of urea groups is 1. The Balaban J connectivity index is 4.11. The van der Waals surface area contributed by atoms with Crippen molar-refractivity contribution < 1.29 is 14.7 Å². The first-order valence-corrected chi connectivity index (χ1v) is 5.70. The first kappa shape index (κ1) is 15.7. The molecule has 0 aliphatic rings. The Kier molecular flexibility index (Phi) is 6.57. The van der Waals surface area contributed by atoms with Crippen molar-refractivity contribution >= 4 is 12.0 Å². The van der Waals surface area contributed by atoms with Gasteiger partial charge in [0.2, 0.25) is 0 Å². The molecule has 0 saturated heterocycles. The quantitative estimate of drug-likeness (QED) is 0.510. The second kappa shape index (κ2) is 7.11. The molecule has 0 aromatic rings. The van der Waals surface area contributed by atoms with Gasteiger partial charge in [0.1, 0.15) is 6.04 Å². The summed E-state index contributed by atoms with van der Waals surface area (Å²) in [5, 5.41) is 17.1. The fourth-order valence-corrected chi connectivity index (χ4v) is 1.30. The Hall–Kier alpha value is -1.30. The molecule has 0 aliphatic carbocycles.